The number of anilines is 1. The van der Waals surface area contributed by atoms with Crippen LogP contribution in [-0.4, -0.2) is 52.1 Å². The van der Waals surface area contributed by atoms with Crippen LogP contribution in [0.25, 0.3) is 11.4 Å². The normalized spacial score (nSPS) is 20.6. The van der Waals surface area contributed by atoms with Gasteiger partial charge < -0.3 is 14.3 Å². The van der Waals surface area contributed by atoms with Gasteiger partial charge in [0.15, 0.2) is 0 Å². The molecular formula is C19H25N5O2. The highest BCUT2D eigenvalue weighted by Crippen LogP contribution is 2.31. The number of aromatic nitrogens is 3. The Balaban J connectivity index is 1.56. The van der Waals surface area contributed by atoms with E-state index < -0.39 is 0 Å². The summed E-state index contributed by atoms with van der Waals surface area (Å²) < 4.78 is 5.27. The maximum Gasteiger partial charge on any atom is 0.227 e. The molecule has 2 aliphatic rings. The molecule has 2 saturated heterocycles. The summed E-state index contributed by atoms with van der Waals surface area (Å²) in [6.45, 7) is 5.41. The van der Waals surface area contributed by atoms with Crippen molar-refractivity contribution in [3.05, 3.63) is 24.2 Å². The van der Waals surface area contributed by atoms with Crippen molar-refractivity contribution in [1.29, 1.82) is 0 Å². The molecule has 0 bridgehead atoms. The number of amides is 1. The second kappa shape index (κ2) is 7.43. The van der Waals surface area contributed by atoms with E-state index in [2.05, 4.69) is 20.0 Å². The van der Waals surface area contributed by atoms with Gasteiger partial charge in [-0.25, -0.2) is 4.98 Å². The minimum absolute atomic E-state index is 0.0492. The van der Waals surface area contributed by atoms with E-state index in [0.717, 1.165) is 56.7 Å². The van der Waals surface area contributed by atoms with Gasteiger partial charge in [-0.1, -0.05) is 12.1 Å². The number of rotatable bonds is 4. The summed E-state index contributed by atoms with van der Waals surface area (Å²) in [6.07, 6.45) is 6.70. The fourth-order valence-electron chi connectivity index (χ4n) is 3.90. The molecule has 0 aliphatic carbocycles. The van der Waals surface area contributed by atoms with Crippen molar-refractivity contribution >= 4 is 11.7 Å². The summed E-state index contributed by atoms with van der Waals surface area (Å²) in [6, 6.07) is 3.86. The van der Waals surface area contributed by atoms with E-state index in [0.29, 0.717) is 30.6 Å². The average Bonchev–Trinajstić information content (AvgIpc) is 3.39. The van der Waals surface area contributed by atoms with Crippen molar-refractivity contribution in [3.8, 4) is 11.4 Å². The molecule has 0 saturated carbocycles. The molecule has 0 aromatic carbocycles. The molecule has 4 heterocycles. The lowest BCUT2D eigenvalue weighted by Crippen LogP contribution is -2.44. The van der Waals surface area contributed by atoms with Gasteiger partial charge in [0.2, 0.25) is 17.6 Å². The van der Waals surface area contributed by atoms with Gasteiger partial charge in [0, 0.05) is 38.8 Å². The van der Waals surface area contributed by atoms with E-state index in [9.17, 15) is 4.79 Å². The van der Waals surface area contributed by atoms with Crippen LogP contribution >= 0.6 is 0 Å². The summed E-state index contributed by atoms with van der Waals surface area (Å²) in [4.78, 5) is 26.1. The number of piperidine rings is 1. The fourth-order valence-corrected chi connectivity index (χ4v) is 3.90. The molecule has 0 unspecified atom stereocenters. The summed E-state index contributed by atoms with van der Waals surface area (Å²) in [7, 11) is 0. The number of likely N-dealkylation sites (tertiary alicyclic amines) is 1. The number of hydrogen-bond donors (Lipinski definition) is 0. The Bertz CT molecular complexity index is 769. The second-order valence-corrected chi connectivity index (χ2v) is 7.06. The minimum Gasteiger partial charge on any atom is -0.355 e. The van der Waals surface area contributed by atoms with Crippen LogP contribution in [0.15, 0.2) is 22.9 Å². The van der Waals surface area contributed by atoms with Crippen molar-refractivity contribution in [1.82, 2.24) is 20.0 Å². The summed E-state index contributed by atoms with van der Waals surface area (Å²) in [5.41, 5.74) is 0.866. The van der Waals surface area contributed by atoms with Gasteiger partial charge in [-0.15, -0.1) is 0 Å². The maximum absolute atomic E-state index is 12.8. The van der Waals surface area contributed by atoms with Crippen molar-refractivity contribution in [2.45, 2.75) is 39.0 Å². The van der Waals surface area contributed by atoms with Crippen LogP contribution in [0.4, 0.5) is 5.82 Å². The molecule has 0 radical (unpaired) electrons. The Hall–Kier alpha value is -2.44. The first kappa shape index (κ1) is 17.0. The molecule has 7 nitrogen and oxygen atoms in total. The Morgan fingerprint density at radius 2 is 2.12 bits per heavy atom. The van der Waals surface area contributed by atoms with Gasteiger partial charge in [0.25, 0.3) is 0 Å². The molecule has 0 spiro atoms. The smallest absolute Gasteiger partial charge is 0.227 e. The van der Waals surface area contributed by atoms with Gasteiger partial charge in [-0.2, -0.15) is 4.98 Å². The van der Waals surface area contributed by atoms with Crippen LogP contribution in [0, 0.1) is 5.92 Å². The zero-order chi connectivity index (χ0) is 17.9. The molecule has 2 aromatic rings. The third-order valence-corrected chi connectivity index (χ3v) is 5.29. The summed E-state index contributed by atoms with van der Waals surface area (Å²) in [5.74, 6) is 2.38. The first-order valence-corrected chi connectivity index (χ1v) is 9.58. The lowest BCUT2D eigenvalue weighted by Gasteiger charge is -2.35. The molecule has 1 atom stereocenters. The van der Waals surface area contributed by atoms with Crippen molar-refractivity contribution in [2.75, 3.05) is 31.1 Å². The van der Waals surface area contributed by atoms with Crippen molar-refractivity contribution in [2.24, 2.45) is 5.92 Å². The quantitative estimate of drug-likeness (QED) is 0.839. The Morgan fingerprint density at radius 1 is 1.27 bits per heavy atom. The predicted octanol–water partition coefficient (Wildman–Crippen LogP) is 2.53. The Labute approximate surface area is 153 Å². The van der Waals surface area contributed by atoms with Crippen LogP contribution in [0.1, 0.15) is 38.5 Å². The topological polar surface area (TPSA) is 75.4 Å². The second-order valence-electron chi connectivity index (χ2n) is 7.06. The number of carbonyl (C=O) groups is 1. The van der Waals surface area contributed by atoms with Crippen LogP contribution in [0.5, 0.6) is 0 Å². The molecule has 7 heteroatoms. The number of pyridine rings is 1. The van der Waals surface area contributed by atoms with Gasteiger partial charge in [-0.3, -0.25) is 4.79 Å². The summed E-state index contributed by atoms with van der Waals surface area (Å²) in [5, 5.41) is 4.10. The van der Waals surface area contributed by atoms with Crippen LogP contribution < -0.4 is 4.90 Å². The number of carbonyl (C=O) groups excluding carboxylic acids is 1. The van der Waals surface area contributed by atoms with Gasteiger partial charge in [0.05, 0.1) is 11.5 Å². The first-order chi connectivity index (χ1) is 12.8. The SMILES string of the molecule is CCc1nc(-c2cccnc2N2CCC[C@@H](C(=O)N3CCCC3)C2)no1. The standard InChI is InChI=1S/C19H25N5O2/c1-2-16-21-17(22-26-16)15-8-5-9-20-18(15)24-12-6-7-14(13-24)19(25)23-10-3-4-11-23/h5,8-9,14H,2-4,6-7,10-13H2,1H3/t14-/m1/s1. The highest BCUT2D eigenvalue weighted by molar-refractivity contribution is 5.80. The molecule has 2 aliphatic heterocycles. The lowest BCUT2D eigenvalue weighted by molar-refractivity contribution is -0.134. The highest BCUT2D eigenvalue weighted by atomic mass is 16.5. The average molecular weight is 355 g/mol. The third kappa shape index (κ3) is 3.30. The zero-order valence-corrected chi connectivity index (χ0v) is 15.2. The molecule has 2 fully saturated rings. The lowest BCUT2D eigenvalue weighted by atomic mass is 9.96. The molecule has 138 valence electrons. The van der Waals surface area contributed by atoms with E-state index >= 15 is 0 Å². The van der Waals surface area contributed by atoms with Gasteiger partial charge in [0.1, 0.15) is 5.82 Å². The van der Waals surface area contributed by atoms with Gasteiger partial charge >= 0.3 is 0 Å². The molecule has 1 amide bonds. The third-order valence-electron chi connectivity index (χ3n) is 5.29. The van der Waals surface area contributed by atoms with Crippen LogP contribution in [0.2, 0.25) is 0 Å². The molecule has 26 heavy (non-hydrogen) atoms. The summed E-state index contributed by atoms with van der Waals surface area (Å²) >= 11 is 0. The zero-order valence-electron chi connectivity index (χ0n) is 15.2. The minimum atomic E-state index is 0.0492. The van der Waals surface area contributed by atoms with E-state index in [1.807, 2.05) is 24.0 Å². The maximum atomic E-state index is 12.8. The van der Waals surface area contributed by atoms with Crippen LogP contribution in [0.3, 0.4) is 0 Å². The van der Waals surface area contributed by atoms with Crippen molar-refractivity contribution < 1.29 is 9.32 Å². The molecule has 2 aromatic heterocycles. The highest BCUT2D eigenvalue weighted by Gasteiger charge is 2.32. The van der Waals surface area contributed by atoms with Crippen LogP contribution in [-0.2, 0) is 11.2 Å². The molecule has 4 rings (SSSR count). The Morgan fingerprint density at radius 3 is 2.88 bits per heavy atom. The fraction of sp³-hybridized carbons (Fsp3) is 0.579. The number of nitrogens with zero attached hydrogens (tertiary/aromatic N) is 5. The van der Waals surface area contributed by atoms with Gasteiger partial charge in [-0.05, 0) is 37.8 Å². The number of hydrogen-bond acceptors (Lipinski definition) is 6. The molecular weight excluding hydrogens is 330 g/mol. The van der Waals surface area contributed by atoms with E-state index in [4.69, 9.17) is 4.52 Å². The monoisotopic (exact) mass is 355 g/mol. The van der Waals surface area contributed by atoms with E-state index in [1.54, 1.807) is 6.20 Å². The Kier molecular flexibility index (Phi) is 4.86. The largest absolute Gasteiger partial charge is 0.355 e. The first-order valence-electron chi connectivity index (χ1n) is 9.58. The van der Waals surface area contributed by atoms with E-state index in [1.165, 1.54) is 0 Å². The number of aryl methyl sites for hydroxylation is 1. The predicted molar refractivity (Wildman–Crippen MR) is 97.7 cm³/mol. The molecule has 0 N–H and O–H groups in total. The van der Waals surface area contributed by atoms with E-state index in [-0.39, 0.29) is 5.92 Å². The van der Waals surface area contributed by atoms with Crippen molar-refractivity contribution in [3.63, 3.8) is 0 Å².